The number of halogens is 2. The highest BCUT2D eigenvalue weighted by Crippen LogP contribution is 2.27. The molecule has 2 aromatic rings. The fraction of sp³-hybridized carbons (Fsp3) is 0.517. The van der Waals surface area contributed by atoms with Crippen LogP contribution in [0.3, 0.4) is 0 Å². The van der Waals surface area contributed by atoms with Gasteiger partial charge in [-0.15, -0.1) is 0 Å². The number of carbonyl (C=O) groups is 2. The van der Waals surface area contributed by atoms with Crippen LogP contribution in [0.4, 0.5) is 9.59 Å². The maximum atomic E-state index is 13.2. The van der Waals surface area contributed by atoms with E-state index in [9.17, 15) is 14.7 Å². The van der Waals surface area contributed by atoms with Crippen LogP contribution in [-0.2, 0) is 29.2 Å². The van der Waals surface area contributed by atoms with Crippen molar-refractivity contribution in [1.29, 1.82) is 0 Å². The van der Waals surface area contributed by atoms with E-state index in [1.807, 2.05) is 59.7 Å². The first-order valence-corrected chi connectivity index (χ1v) is 14.1. The van der Waals surface area contributed by atoms with Crippen LogP contribution in [-0.4, -0.2) is 57.9 Å². The molecule has 0 aliphatic carbocycles. The Bertz CT molecular complexity index is 1170. The van der Waals surface area contributed by atoms with Gasteiger partial charge in [0.05, 0.1) is 6.61 Å². The molecular weight excluding hydrogens is 588 g/mol. The van der Waals surface area contributed by atoms with Gasteiger partial charge in [0.25, 0.3) is 0 Å². The predicted octanol–water partition coefficient (Wildman–Crippen LogP) is 6.78. The molecule has 1 N–H and O–H groups in total. The highest BCUT2D eigenvalue weighted by molar-refractivity contribution is 9.10. The summed E-state index contributed by atoms with van der Waals surface area (Å²) >= 11 is 9.54. The number of aliphatic hydroxyl groups is 1. The Labute approximate surface area is 244 Å². The van der Waals surface area contributed by atoms with Gasteiger partial charge in [-0.3, -0.25) is 0 Å². The highest BCUT2D eigenvalue weighted by Gasteiger charge is 2.36. The molecule has 8 nitrogen and oxygen atoms in total. The van der Waals surface area contributed by atoms with Crippen molar-refractivity contribution in [1.82, 2.24) is 9.80 Å². The summed E-state index contributed by atoms with van der Waals surface area (Å²) in [5.41, 5.74) is 1.16. The number of amides is 2. The second-order valence-electron chi connectivity index (χ2n) is 11.8. The monoisotopic (exact) mass is 624 g/mol. The Morgan fingerprint density at radius 2 is 1.67 bits per heavy atom. The SMILES string of the molecule is CC(C)(C)OC(=O)N(Cc1cc(CO)cc(OCc2ccc(Cl)cc2Br)c1)CC1CN(C(=O)OC(C)(C)C)C1. The molecule has 0 spiro atoms. The Balaban J connectivity index is 1.72. The number of hydrogen-bond acceptors (Lipinski definition) is 6. The molecule has 1 saturated heterocycles. The molecule has 2 amide bonds. The molecule has 0 atom stereocenters. The molecule has 0 radical (unpaired) electrons. The number of hydrogen-bond donors (Lipinski definition) is 1. The molecular formula is C29H38BrClN2O6. The summed E-state index contributed by atoms with van der Waals surface area (Å²) < 4.78 is 18.0. The third kappa shape index (κ3) is 9.89. The number of rotatable bonds is 8. The van der Waals surface area contributed by atoms with Crippen LogP contribution < -0.4 is 4.74 Å². The first-order chi connectivity index (χ1) is 18.1. The number of aliphatic hydroxyl groups excluding tert-OH is 1. The molecule has 3 rings (SSSR count). The quantitative estimate of drug-likeness (QED) is 0.348. The van der Waals surface area contributed by atoms with Gasteiger partial charge < -0.3 is 29.1 Å². The largest absolute Gasteiger partial charge is 0.489 e. The molecule has 1 aliphatic heterocycles. The zero-order chi connectivity index (χ0) is 29.0. The van der Waals surface area contributed by atoms with Crippen LogP contribution in [0.15, 0.2) is 40.9 Å². The van der Waals surface area contributed by atoms with Crippen LogP contribution >= 0.6 is 27.5 Å². The van der Waals surface area contributed by atoms with Gasteiger partial charge in [0.1, 0.15) is 23.6 Å². The van der Waals surface area contributed by atoms with Gasteiger partial charge in [-0.25, -0.2) is 9.59 Å². The number of likely N-dealkylation sites (tertiary alicyclic amines) is 1. The number of nitrogens with zero attached hydrogens (tertiary/aromatic N) is 2. The standard InChI is InChI=1S/C29H38BrClN2O6/c1-28(2,3)38-26(35)32(14-21-15-33(16-21)27(36)39-29(4,5)6)13-19-9-20(17-34)11-24(10-19)37-18-22-7-8-23(31)12-25(22)30/h7-12,21,34H,13-18H2,1-6H3. The predicted molar refractivity (Wildman–Crippen MR) is 154 cm³/mol. The summed E-state index contributed by atoms with van der Waals surface area (Å²) in [5.74, 6) is 0.659. The first-order valence-electron chi connectivity index (χ1n) is 12.9. The Morgan fingerprint density at radius 3 is 2.26 bits per heavy atom. The van der Waals surface area contributed by atoms with Crippen molar-refractivity contribution in [2.75, 3.05) is 19.6 Å². The van der Waals surface area contributed by atoms with Crippen LogP contribution in [0.2, 0.25) is 5.02 Å². The summed E-state index contributed by atoms with van der Waals surface area (Å²) in [6.45, 7) is 12.7. The molecule has 0 bridgehead atoms. The van der Waals surface area contributed by atoms with Crippen LogP contribution in [0.1, 0.15) is 58.2 Å². The molecule has 39 heavy (non-hydrogen) atoms. The molecule has 0 aromatic heterocycles. The summed E-state index contributed by atoms with van der Waals surface area (Å²) in [4.78, 5) is 28.8. The van der Waals surface area contributed by atoms with Gasteiger partial charge in [0, 0.05) is 47.2 Å². The minimum absolute atomic E-state index is 0.0871. The minimum Gasteiger partial charge on any atom is -0.489 e. The molecule has 1 fully saturated rings. The summed E-state index contributed by atoms with van der Waals surface area (Å²) in [6, 6.07) is 11.0. The van der Waals surface area contributed by atoms with Crippen molar-refractivity contribution in [3.63, 3.8) is 0 Å². The topological polar surface area (TPSA) is 88.5 Å². The summed E-state index contributed by atoms with van der Waals surface area (Å²) in [6.07, 6.45) is -0.799. The third-order valence-corrected chi connectivity index (χ3v) is 6.70. The second kappa shape index (κ2) is 12.8. The number of carbonyl (C=O) groups excluding carboxylic acids is 2. The molecule has 2 aromatic carbocycles. The van der Waals surface area contributed by atoms with Gasteiger partial charge >= 0.3 is 12.2 Å². The lowest BCUT2D eigenvalue weighted by Gasteiger charge is -2.42. The average molecular weight is 626 g/mol. The van der Waals surface area contributed by atoms with Crippen molar-refractivity contribution >= 4 is 39.7 Å². The van der Waals surface area contributed by atoms with Gasteiger partial charge in [-0.1, -0.05) is 39.7 Å². The number of ether oxygens (including phenoxy) is 3. The lowest BCUT2D eigenvalue weighted by Crippen LogP contribution is -2.55. The van der Waals surface area contributed by atoms with Crippen molar-refractivity contribution < 1.29 is 28.9 Å². The van der Waals surface area contributed by atoms with Crippen molar-refractivity contribution in [2.45, 2.75) is 72.5 Å². The molecule has 214 valence electrons. The summed E-state index contributed by atoms with van der Waals surface area (Å²) in [5, 5.41) is 10.5. The van der Waals surface area contributed by atoms with Gasteiger partial charge in [-0.2, -0.15) is 0 Å². The highest BCUT2D eigenvalue weighted by atomic mass is 79.9. The maximum absolute atomic E-state index is 13.2. The van der Waals surface area contributed by atoms with E-state index < -0.39 is 17.3 Å². The van der Waals surface area contributed by atoms with E-state index >= 15 is 0 Å². The normalized spacial score (nSPS) is 14.0. The van der Waals surface area contributed by atoms with Crippen LogP contribution in [0.5, 0.6) is 5.75 Å². The van der Waals surface area contributed by atoms with E-state index in [1.54, 1.807) is 28.0 Å². The minimum atomic E-state index is -0.662. The fourth-order valence-electron chi connectivity index (χ4n) is 4.02. The molecule has 0 unspecified atom stereocenters. The zero-order valence-electron chi connectivity index (χ0n) is 23.4. The molecule has 1 heterocycles. The van der Waals surface area contributed by atoms with Crippen LogP contribution in [0, 0.1) is 5.92 Å². The lowest BCUT2D eigenvalue weighted by molar-refractivity contribution is -0.0123. The van der Waals surface area contributed by atoms with Crippen molar-refractivity contribution in [2.24, 2.45) is 5.92 Å². The Morgan fingerprint density at radius 1 is 1.03 bits per heavy atom. The van der Waals surface area contributed by atoms with Gasteiger partial charge in [0.2, 0.25) is 0 Å². The van der Waals surface area contributed by atoms with E-state index in [-0.39, 0.29) is 25.2 Å². The smallest absolute Gasteiger partial charge is 0.410 e. The van der Waals surface area contributed by atoms with Gasteiger partial charge in [0.15, 0.2) is 0 Å². The zero-order valence-corrected chi connectivity index (χ0v) is 25.8. The lowest BCUT2D eigenvalue weighted by atomic mass is 10.00. The Hall–Kier alpha value is -2.49. The van der Waals surface area contributed by atoms with Crippen molar-refractivity contribution in [3.8, 4) is 5.75 Å². The molecule has 10 heteroatoms. The van der Waals surface area contributed by atoms with Gasteiger partial charge in [-0.05, 0) is 76.9 Å². The third-order valence-electron chi connectivity index (χ3n) is 5.73. The molecule has 0 saturated carbocycles. The average Bonchev–Trinajstić information content (AvgIpc) is 2.77. The van der Waals surface area contributed by atoms with Crippen LogP contribution in [0.25, 0.3) is 0 Å². The second-order valence-corrected chi connectivity index (χ2v) is 13.1. The van der Waals surface area contributed by atoms with Crippen molar-refractivity contribution in [3.05, 3.63) is 62.6 Å². The fourth-order valence-corrected chi connectivity index (χ4v) is 4.81. The summed E-state index contributed by atoms with van der Waals surface area (Å²) in [7, 11) is 0. The van der Waals surface area contributed by atoms with E-state index in [2.05, 4.69) is 15.9 Å². The first kappa shape index (κ1) is 31.0. The van der Waals surface area contributed by atoms with E-state index in [0.717, 1.165) is 15.6 Å². The Kier molecular flexibility index (Phi) is 10.2. The van der Waals surface area contributed by atoms with E-state index in [4.69, 9.17) is 25.8 Å². The van der Waals surface area contributed by atoms with E-state index in [0.29, 0.717) is 42.6 Å². The van der Waals surface area contributed by atoms with E-state index in [1.165, 1.54) is 0 Å². The maximum Gasteiger partial charge on any atom is 0.410 e. The molecule has 1 aliphatic rings. The number of benzene rings is 2.